The van der Waals surface area contributed by atoms with E-state index in [1.165, 1.54) is 4.90 Å². The molecule has 1 aromatic rings. The van der Waals surface area contributed by atoms with Crippen LogP contribution in [0, 0.1) is 10.1 Å². The molecule has 12 heteroatoms. The van der Waals surface area contributed by atoms with Crippen LogP contribution in [0.25, 0.3) is 0 Å². The first-order chi connectivity index (χ1) is 12.5. The van der Waals surface area contributed by atoms with Crippen molar-refractivity contribution in [1.82, 2.24) is 0 Å². The van der Waals surface area contributed by atoms with Crippen molar-refractivity contribution < 1.29 is 18.1 Å². The first kappa shape index (κ1) is 19.4. The number of nitrogens with zero attached hydrogens (tertiary/aromatic N) is 4. The zero-order chi connectivity index (χ0) is 20.0. The Balaban J connectivity index is 2.24. The number of alkyl halides is 3. The molecule has 1 aromatic carbocycles. The van der Waals surface area contributed by atoms with E-state index in [0.717, 1.165) is 25.3 Å². The summed E-state index contributed by atoms with van der Waals surface area (Å²) in [5.41, 5.74) is 8.76. The molecule has 0 unspecified atom stereocenters. The van der Waals surface area contributed by atoms with Gasteiger partial charge in [-0.05, 0) is 47.7 Å². The summed E-state index contributed by atoms with van der Waals surface area (Å²) >= 11 is 3.05. The highest BCUT2D eigenvalue weighted by molar-refractivity contribution is 9.10. The monoisotopic (exact) mass is 448 g/mol. The molecular formula is C15H16BrF3N6O2. The van der Waals surface area contributed by atoms with Crippen molar-refractivity contribution in [3.8, 4) is 0 Å². The maximum atomic E-state index is 13.1. The number of rotatable bonds is 2. The van der Waals surface area contributed by atoms with Gasteiger partial charge in [0.25, 0.3) is 5.69 Å². The Morgan fingerprint density at radius 3 is 2.41 bits per heavy atom. The number of nitro groups is 1. The van der Waals surface area contributed by atoms with Crippen LogP contribution in [0.5, 0.6) is 0 Å². The quantitative estimate of drug-likeness (QED) is 0.529. The van der Waals surface area contributed by atoms with Crippen LogP contribution in [0.1, 0.15) is 37.7 Å². The Morgan fingerprint density at radius 1 is 1.22 bits per heavy atom. The van der Waals surface area contributed by atoms with Gasteiger partial charge < -0.3 is 11.5 Å². The maximum absolute atomic E-state index is 13.1. The Labute approximate surface area is 160 Å². The number of hydrogen-bond acceptors (Lipinski definition) is 7. The topological polar surface area (TPSA) is 123 Å². The summed E-state index contributed by atoms with van der Waals surface area (Å²) in [6.45, 7) is 0. The fraction of sp³-hybridized carbons (Fsp3) is 0.467. The van der Waals surface area contributed by atoms with Crippen molar-refractivity contribution >= 4 is 39.2 Å². The van der Waals surface area contributed by atoms with E-state index in [0.29, 0.717) is 18.9 Å². The third-order valence-electron chi connectivity index (χ3n) is 4.64. The molecule has 1 fully saturated rings. The number of anilines is 1. The molecule has 0 bridgehead atoms. The molecule has 0 atom stereocenters. The minimum absolute atomic E-state index is 0.0589. The van der Waals surface area contributed by atoms with E-state index < -0.39 is 28.0 Å². The lowest BCUT2D eigenvalue weighted by Gasteiger charge is -2.45. The van der Waals surface area contributed by atoms with E-state index in [1.54, 1.807) is 0 Å². The zero-order valence-corrected chi connectivity index (χ0v) is 15.5. The largest absolute Gasteiger partial charge is 0.416 e. The molecule has 0 amide bonds. The fourth-order valence-electron chi connectivity index (χ4n) is 3.55. The Hall–Kier alpha value is -2.37. The van der Waals surface area contributed by atoms with Gasteiger partial charge in [-0.25, -0.2) is 4.99 Å². The van der Waals surface area contributed by atoms with Crippen molar-refractivity contribution in [2.24, 2.45) is 21.5 Å². The Kier molecular flexibility index (Phi) is 4.78. The summed E-state index contributed by atoms with van der Waals surface area (Å²) in [6.07, 6.45) is -1.26. The number of guanidine groups is 2. The smallest absolute Gasteiger partial charge is 0.369 e. The highest BCUT2D eigenvalue weighted by Gasteiger charge is 2.46. The standard InChI is InChI=1S/C15H16BrF3N6O2/c16-9-6-8(15(17,18)19)7-10(25(26)27)11(9)24-13(21)22-12(20)23-14(24)4-2-1-3-5-14/h6-7H,1-5H2,(H4,20,21,22,23). The molecule has 1 saturated carbocycles. The van der Waals surface area contributed by atoms with Crippen LogP contribution in [0.2, 0.25) is 0 Å². The summed E-state index contributed by atoms with van der Waals surface area (Å²) < 4.78 is 39.2. The summed E-state index contributed by atoms with van der Waals surface area (Å²) in [4.78, 5) is 20.3. The minimum atomic E-state index is -4.74. The van der Waals surface area contributed by atoms with Gasteiger partial charge in [-0.2, -0.15) is 18.2 Å². The molecule has 8 nitrogen and oxygen atoms in total. The van der Waals surface area contributed by atoms with E-state index in [1.807, 2.05) is 0 Å². The molecule has 1 heterocycles. The van der Waals surface area contributed by atoms with E-state index in [-0.39, 0.29) is 22.1 Å². The van der Waals surface area contributed by atoms with Crippen LogP contribution < -0.4 is 16.4 Å². The number of hydrogen-bond donors (Lipinski definition) is 2. The highest BCUT2D eigenvalue weighted by atomic mass is 79.9. The lowest BCUT2D eigenvalue weighted by Crippen LogP contribution is -2.58. The summed E-state index contributed by atoms with van der Waals surface area (Å²) in [7, 11) is 0. The maximum Gasteiger partial charge on any atom is 0.416 e. The van der Waals surface area contributed by atoms with Gasteiger partial charge in [0.15, 0.2) is 0 Å². The van der Waals surface area contributed by atoms with Gasteiger partial charge in [-0.15, -0.1) is 0 Å². The van der Waals surface area contributed by atoms with Crippen molar-refractivity contribution in [3.05, 3.63) is 32.3 Å². The average Bonchev–Trinajstić information content (AvgIpc) is 2.54. The first-order valence-corrected chi connectivity index (χ1v) is 8.89. The first-order valence-electron chi connectivity index (χ1n) is 8.10. The molecule has 0 saturated heterocycles. The van der Waals surface area contributed by atoms with E-state index >= 15 is 0 Å². The number of aliphatic imine (C=N–C) groups is 2. The zero-order valence-electron chi connectivity index (χ0n) is 14.0. The lowest BCUT2D eigenvalue weighted by molar-refractivity contribution is -0.384. The van der Waals surface area contributed by atoms with Crippen molar-refractivity contribution in [2.75, 3.05) is 4.90 Å². The number of benzene rings is 1. The van der Waals surface area contributed by atoms with Gasteiger partial charge in [-0.3, -0.25) is 15.0 Å². The predicted octanol–water partition coefficient (Wildman–Crippen LogP) is 3.49. The molecule has 1 aliphatic heterocycles. The van der Waals surface area contributed by atoms with Crippen LogP contribution in [0.4, 0.5) is 24.5 Å². The van der Waals surface area contributed by atoms with Crippen molar-refractivity contribution in [1.29, 1.82) is 0 Å². The second kappa shape index (κ2) is 6.66. The third-order valence-corrected chi connectivity index (χ3v) is 5.25. The summed E-state index contributed by atoms with van der Waals surface area (Å²) in [5.74, 6) is -0.204. The molecule has 3 rings (SSSR count). The van der Waals surface area contributed by atoms with Crippen LogP contribution in [0.3, 0.4) is 0 Å². The SMILES string of the molecule is NC1=NC2(CCCCC2)N(c2c(Br)cc(C(F)(F)F)cc2[N+](=O)[O-])C(N)=N1. The summed E-state index contributed by atoms with van der Waals surface area (Å²) in [5, 5.41) is 11.6. The second-order valence-electron chi connectivity index (χ2n) is 6.40. The van der Waals surface area contributed by atoms with Gasteiger partial charge in [0.1, 0.15) is 11.4 Å². The summed E-state index contributed by atoms with van der Waals surface area (Å²) in [6, 6.07) is 1.28. The molecule has 0 radical (unpaired) electrons. The minimum Gasteiger partial charge on any atom is -0.369 e. The average molecular weight is 449 g/mol. The molecule has 0 aromatic heterocycles. The molecule has 27 heavy (non-hydrogen) atoms. The van der Waals surface area contributed by atoms with Gasteiger partial charge in [0, 0.05) is 10.5 Å². The highest BCUT2D eigenvalue weighted by Crippen LogP contribution is 2.47. The third kappa shape index (κ3) is 3.45. The van der Waals surface area contributed by atoms with Gasteiger partial charge in [0.05, 0.1) is 10.5 Å². The van der Waals surface area contributed by atoms with E-state index in [9.17, 15) is 23.3 Å². The molecule has 1 spiro atoms. The van der Waals surface area contributed by atoms with Gasteiger partial charge in [-0.1, -0.05) is 6.42 Å². The predicted molar refractivity (Wildman–Crippen MR) is 97.3 cm³/mol. The molecule has 146 valence electrons. The Morgan fingerprint density at radius 2 is 1.85 bits per heavy atom. The van der Waals surface area contributed by atoms with E-state index in [2.05, 4.69) is 25.9 Å². The number of halogens is 4. The molecular weight excluding hydrogens is 433 g/mol. The van der Waals surface area contributed by atoms with Crippen LogP contribution in [0.15, 0.2) is 26.6 Å². The van der Waals surface area contributed by atoms with Crippen LogP contribution >= 0.6 is 15.9 Å². The number of nitro benzene ring substituents is 1. The van der Waals surface area contributed by atoms with E-state index in [4.69, 9.17) is 11.5 Å². The van der Waals surface area contributed by atoms with Crippen LogP contribution in [-0.2, 0) is 6.18 Å². The number of nitrogens with two attached hydrogens (primary N) is 2. The van der Waals surface area contributed by atoms with Gasteiger partial charge in [0.2, 0.25) is 11.9 Å². The van der Waals surface area contributed by atoms with Crippen molar-refractivity contribution in [2.45, 2.75) is 43.9 Å². The normalized spacial score (nSPS) is 19.6. The molecule has 2 aliphatic rings. The molecule has 1 aliphatic carbocycles. The second-order valence-corrected chi connectivity index (χ2v) is 7.25. The Bertz CT molecular complexity index is 849. The van der Waals surface area contributed by atoms with Crippen LogP contribution in [-0.4, -0.2) is 22.5 Å². The fourth-order valence-corrected chi connectivity index (χ4v) is 4.18. The van der Waals surface area contributed by atoms with Gasteiger partial charge >= 0.3 is 6.18 Å². The molecule has 4 N–H and O–H groups in total. The van der Waals surface area contributed by atoms with Crippen molar-refractivity contribution in [3.63, 3.8) is 0 Å². The lowest BCUT2D eigenvalue weighted by atomic mass is 9.87.